The molecular formula is C11H15ClF3N3O. The van der Waals surface area contributed by atoms with Crippen molar-refractivity contribution in [3.63, 3.8) is 0 Å². The quantitative estimate of drug-likeness (QED) is 0.725. The molecule has 0 atom stereocenters. The van der Waals surface area contributed by atoms with Crippen molar-refractivity contribution in [2.75, 3.05) is 30.5 Å². The van der Waals surface area contributed by atoms with Gasteiger partial charge in [-0.1, -0.05) is 6.92 Å². The molecule has 1 rings (SSSR count). The summed E-state index contributed by atoms with van der Waals surface area (Å²) in [4.78, 5) is 8.72. The summed E-state index contributed by atoms with van der Waals surface area (Å²) in [5.74, 6) is 0.485. The molecule has 0 aromatic carbocycles. The van der Waals surface area contributed by atoms with Gasteiger partial charge in [0.25, 0.3) is 0 Å². The van der Waals surface area contributed by atoms with E-state index in [-0.39, 0.29) is 24.1 Å². The first-order chi connectivity index (χ1) is 8.96. The third-order valence-electron chi connectivity index (χ3n) is 2.13. The summed E-state index contributed by atoms with van der Waals surface area (Å²) in [6.45, 7) is 1.31. The van der Waals surface area contributed by atoms with Crippen molar-refractivity contribution in [1.29, 1.82) is 0 Å². The van der Waals surface area contributed by atoms with Crippen LogP contribution in [0, 0.1) is 0 Å². The first-order valence-electron chi connectivity index (χ1n) is 5.78. The molecule has 0 spiro atoms. The maximum atomic E-state index is 12.5. The van der Waals surface area contributed by atoms with Crippen LogP contribution >= 0.6 is 11.6 Å². The first-order valence-corrected chi connectivity index (χ1v) is 6.32. The Morgan fingerprint density at radius 1 is 1.37 bits per heavy atom. The van der Waals surface area contributed by atoms with Gasteiger partial charge in [0.05, 0.1) is 6.61 Å². The summed E-state index contributed by atoms with van der Waals surface area (Å²) in [5.41, 5.74) is 0. The molecule has 0 unspecified atom stereocenters. The maximum absolute atomic E-state index is 12.5. The predicted octanol–water partition coefficient (Wildman–Crippen LogP) is 2.87. The van der Waals surface area contributed by atoms with Gasteiger partial charge in [-0.3, -0.25) is 0 Å². The molecule has 1 heterocycles. The lowest BCUT2D eigenvalue weighted by Gasteiger charge is -2.24. The van der Waals surface area contributed by atoms with Gasteiger partial charge in [-0.2, -0.15) is 13.2 Å². The van der Waals surface area contributed by atoms with Crippen LogP contribution in [0.4, 0.5) is 19.0 Å². The van der Waals surface area contributed by atoms with Crippen LogP contribution in [0.3, 0.4) is 0 Å². The molecule has 0 saturated heterocycles. The molecule has 0 aliphatic heterocycles. The van der Waals surface area contributed by atoms with E-state index in [1.165, 1.54) is 12.4 Å². The molecule has 0 aliphatic rings. The monoisotopic (exact) mass is 297 g/mol. The zero-order valence-electron chi connectivity index (χ0n) is 10.5. The highest BCUT2D eigenvalue weighted by Gasteiger charge is 2.31. The molecule has 1 aromatic rings. The highest BCUT2D eigenvalue weighted by molar-refractivity contribution is 6.18. The second kappa shape index (κ2) is 7.37. The normalized spacial score (nSPS) is 11.4. The minimum Gasteiger partial charge on any atom is -0.478 e. The molecule has 0 amide bonds. The minimum atomic E-state index is -4.32. The van der Waals surface area contributed by atoms with Crippen molar-refractivity contribution in [3.8, 4) is 5.88 Å². The number of aromatic nitrogens is 2. The van der Waals surface area contributed by atoms with Crippen LogP contribution in [0.1, 0.15) is 13.3 Å². The Labute approximate surface area is 114 Å². The summed E-state index contributed by atoms with van der Waals surface area (Å²) in [6, 6.07) is 1.38. The fraction of sp³-hybridized carbons (Fsp3) is 0.636. The molecule has 108 valence electrons. The molecule has 0 bridgehead atoms. The van der Waals surface area contributed by atoms with Gasteiger partial charge in [-0.25, -0.2) is 9.97 Å². The van der Waals surface area contributed by atoms with Crippen molar-refractivity contribution in [2.24, 2.45) is 0 Å². The number of ether oxygens (including phenoxy) is 1. The van der Waals surface area contributed by atoms with E-state index in [2.05, 4.69) is 9.97 Å². The lowest BCUT2D eigenvalue weighted by Crippen LogP contribution is -2.36. The molecule has 4 nitrogen and oxygen atoms in total. The van der Waals surface area contributed by atoms with Gasteiger partial charge >= 0.3 is 6.18 Å². The predicted molar refractivity (Wildman–Crippen MR) is 66.8 cm³/mol. The molecule has 1 aromatic heterocycles. The van der Waals surface area contributed by atoms with Crippen molar-refractivity contribution >= 4 is 17.4 Å². The van der Waals surface area contributed by atoms with Gasteiger partial charge in [-0.05, 0) is 6.42 Å². The van der Waals surface area contributed by atoms with Crippen LogP contribution in [-0.4, -0.2) is 41.7 Å². The van der Waals surface area contributed by atoms with E-state index >= 15 is 0 Å². The van der Waals surface area contributed by atoms with Crippen LogP contribution in [-0.2, 0) is 0 Å². The first kappa shape index (κ1) is 15.8. The molecule has 0 saturated carbocycles. The number of halogens is 4. The number of hydrogen-bond donors (Lipinski definition) is 0. The summed E-state index contributed by atoms with van der Waals surface area (Å²) in [6.07, 6.45) is -2.35. The van der Waals surface area contributed by atoms with Gasteiger partial charge in [0.2, 0.25) is 5.88 Å². The lowest BCUT2D eigenvalue weighted by molar-refractivity contribution is -0.119. The topological polar surface area (TPSA) is 38.2 Å². The lowest BCUT2D eigenvalue weighted by atomic mass is 10.4. The third kappa shape index (κ3) is 5.96. The van der Waals surface area contributed by atoms with Gasteiger partial charge < -0.3 is 9.64 Å². The van der Waals surface area contributed by atoms with Crippen molar-refractivity contribution in [2.45, 2.75) is 19.5 Å². The maximum Gasteiger partial charge on any atom is 0.405 e. The van der Waals surface area contributed by atoms with Crippen molar-refractivity contribution in [1.82, 2.24) is 9.97 Å². The summed E-state index contributed by atoms with van der Waals surface area (Å²) < 4.78 is 42.6. The van der Waals surface area contributed by atoms with Crippen molar-refractivity contribution in [3.05, 3.63) is 12.4 Å². The number of rotatable bonds is 7. The van der Waals surface area contributed by atoms with Gasteiger partial charge in [0, 0.05) is 18.5 Å². The standard InChI is InChI=1S/C11H15ClF3N3O/c1-2-5-19-10-6-9(16-8-17-10)18(4-3-12)7-11(13,14)15/h6,8H,2-5,7H2,1H3. The third-order valence-corrected chi connectivity index (χ3v) is 2.30. The minimum absolute atomic E-state index is 0.0469. The van der Waals surface area contributed by atoms with Gasteiger partial charge in [-0.15, -0.1) is 11.6 Å². The number of nitrogens with zero attached hydrogens (tertiary/aromatic N) is 3. The molecular weight excluding hydrogens is 283 g/mol. The van der Waals surface area contributed by atoms with E-state index in [1.54, 1.807) is 0 Å². The van der Waals surface area contributed by atoms with Crippen LogP contribution in [0.15, 0.2) is 12.4 Å². The Balaban J connectivity index is 2.83. The Hall–Kier alpha value is -1.24. The molecule has 0 fully saturated rings. The Morgan fingerprint density at radius 3 is 2.68 bits per heavy atom. The van der Waals surface area contributed by atoms with E-state index in [0.717, 1.165) is 11.3 Å². The fourth-order valence-corrected chi connectivity index (χ4v) is 1.59. The highest BCUT2D eigenvalue weighted by atomic mass is 35.5. The van der Waals surface area contributed by atoms with Gasteiger partial charge in [0.1, 0.15) is 18.7 Å². The molecule has 19 heavy (non-hydrogen) atoms. The molecule has 0 N–H and O–H groups in total. The summed E-state index contributed by atoms with van der Waals surface area (Å²) >= 11 is 5.51. The fourth-order valence-electron chi connectivity index (χ4n) is 1.38. The van der Waals surface area contributed by atoms with Crippen LogP contribution in [0.25, 0.3) is 0 Å². The highest BCUT2D eigenvalue weighted by Crippen LogP contribution is 2.22. The summed E-state index contributed by atoms with van der Waals surface area (Å²) in [7, 11) is 0. The van der Waals surface area contributed by atoms with Crippen molar-refractivity contribution < 1.29 is 17.9 Å². The van der Waals surface area contributed by atoms with E-state index in [0.29, 0.717) is 6.61 Å². The van der Waals surface area contributed by atoms with E-state index in [1.807, 2.05) is 6.92 Å². The largest absolute Gasteiger partial charge is 0.478 e. The number of hydrogen-bond acceptors (Lipinski definition) is 4. The smallest absolute Gasteiger partial charge is 0.405 e. The SMILES string of the molecule is CCCOc1cc(N(CCCl)CC(F)(F)F)ncn1. The zero-order chi connectivity index (χ0) is 14.3. The number of anilines is 1. The average Bonchev–Trinajstić information content (AvgIpc) is 2.35. The average molecular weight is 298 g/mol. The second-order valence-corrected chi connectivity index (χ2v) is 4.17. The second-order valence-electron chi connectivity index (χ2n) is 3.79. The van der Waals surface area contributed by atoms with E-state index < -0.39 is 12.7 Å². The van der Waals surface area contributed by atoms with E-state index in [9.17, 15) is 13.2 Å². The van der Waals surface area contributed by atoms with Crippen LogP contribution in [0.5, 0.6) is 5.88 Å². The Bertz CT molecular complexity index is 390. The molecule has 0 aliphatic carbocycles. The zero-order valence-corrected chi connectivity index (χ0v) is 11.2. The Kier molecular flexibility index (Phi) is 6.14. The summed E-state index contributed by atoms with van der Waals surface area (Å²) in [5, 5.41) is 0. The van der Waals surface area contributed by atoms with Gasteiger partial charge in [0.15, 0.2) is 0 Å². The van der Waals surface area contributed by atoms with E-state index in [4.69, 9.17) is 16.3 Å². The molecule has 8 heteroatoms. The molecule has 0 radical (unpaired) electrons. The van der Waals surface area contributed by atoms with Crippen LogP contribution in [0.2, 0.25) is 0 Å². The van der Waals surface area contributed by atoms with Crippen LogP contribution < -0.4 is 9.64 Å². The Morgan fingerprint density at radius 2 is 2.11 bits per heavy atom. The number of alkyl halides is 4.